The summed E-state index contributed by atoms with van der Waals surface area (Å²) >= 11 is 0. The van der Waals surface area contributed by atoms with Gasteiger partial charge in [-0.2, -0.15) is 0 Å². The number of benzene rings is 1. The average Bonchev–Trinajstić information content (AvgIpc) is 3.14. The van der Waals surface area contributed by atoms with Gasteiger partial charge in [0.1, 0.15) is 5.76 Å². The molecule has 0 spiro atoms. The van der Waals surface area contributed by atoms with E-state index in [4.69, 9.17) is 9.15 Å². The molecule has 1 saturated heterocycles. The Balaban J connectivity index is 1.81. The molecule has 0 saturated carbocycles. The lowest BCUT2D eigenvalue weighted by Gasteiger charge is -2.30. The number of nitrogens with zero attached hydrogens (tertiary/aromatic N) is 2. The predicted molar refractivity (Wildman–Crippen MR) is 95.5 cm³/mol. The quantitative estimate of drug-likeness (QED) is 0.628. The number of rotatable bonds is 6. The molecule has 138 valence electrons. The molecule has 1 aromatic carbocycles. The number of hydrogen-bond acceptors (Lipinski definition) is 6. The lowest BCUT2D eigenvalue weighted by molar-refractivity contribution is -0.384. The van der Waals surface area contributed by atoms with Gasteiger partial charge in [0.2, 0.25) is 0 Å². The molecule has 8 heteroatoms. The summed E-state index contributed by atoms with van der Waals surface area (Å²) in [5.74, 6) is 0.430. The Morgan fingerprint density at radius 3 is 2.77 bits per heavy atom. The molecule has 2 heterocycles. The molecule has 0 aliphatic carbocycles. The molecule has 1 atom stereocenters. The lowest BCUT2D eigenvalue weighted by atomic mass is 10.1. The zero-order valence-corrected chi connectivity index (χ0v) is 14.5. The van der Waals surface area contributed by atoms with Crippen LogP contribution in [0.25, 0.3) is 0 Å². The molecular weight excluding hydrogens is 338 g/mol. The van der Waals surface area contributed by atoms with Crippen molar-refractivity contribution >= 4 is 17.3 Å². The normalized spacial score (nSPS) is 15.5. The Hall–Kier alpha value is -2.87. The van der Waals surface area contributed by atoms with Crippen LogP contribution in [0.1, 0.15) is 23.0 Å². The summed E-state index contributed by atoms with van der Waals surface area (Å²) in [7, 11) is 0. The van der Waals surface area contributed by atoms with Crippen molar-refractivity contribution in [3.63, 3.8) is 0 Å². The third kappa shape index (κ3) is 4.20. The molecule has 1 aliphatic rings. The second-order valence-electron chi connectivity index (χ2n) is 6.22. The number of carbonyl (C=O) groups is 1. The van der Waals surface area contributed by atoms with E-state index in [9.17, 15) is 14.9 Å². The number of furan rings is 1. The smallest absolute Gasteiger partial charge is 0.270 e. The largest absolute Gasteiger partial charge is 0.469 e. The SMILES string of the molecule is CC(Cc1ccco1)NC(=O)c1cc([N+](=O)[O-])ccc1N1CCOCC1. The van der Waals surface area contributed by atoms with Gasteiger partial charge in [0, 0.05) is 37.7 Å². The molecule has 8 nitrogen and oxygen atoms in total. The summed E-state index contributed by atoms with van der Waals surface area (Å²) in [5.41, 5.74) is 0.875. The highest BCUT2D eigenvalue weighted by molar-refractivity contribution is 6.00. The number of morpholine rings is 1. The topological polar surface area (TPSA) is 97.8 Å². The standard InChI is InChI=1S/C18H21N3O5/c1-13(11-15-3-2-8-26-15)19-18(22)16-12-14(21(23)24)4-5-17(16)20-6-9-25-10-7-20/h2-5,8,12-13H,6-7,9-11H2,1H3,(H,19,22). The van der Waals surface area contributed by atoms with Gasteiger partial charge in [-0.15, -0.1) is 0 Å². The van der Waals surface area contributed by atoms with E-state index in [0.29, 0.717) is 44.0 Å². The van der Waals surface area contributed by atoms with Crippen molar-refractivity contribution in [3.8, 4) is 0 Å². The average molecular weight is 359 g/mol. The van der Waals surface area contributed by atoms with Gasteiger partial charge in [-0.25, -0.2) is 0 Å². The molecule has 3 rings (SSSR count). The highest BCUT2D eigenvalue weighted by Crippen LogP contribution is 2.26. The molecule has 0 radical (unpaired) electrons. The molecule has 1 aromatic heterocycles. The van der Waals surface area contributed by atoms with E-state index in [1.807, 2.05) is 17.9 Å². The van der Waals surface area contributed by atoms with E-state index in [-0.39, 0.29) is 17.6 Å². The summed E-state index contributed by atoms with van der Waals surface area (Å²) in [6.45, 7) is 4.27. The Kier molecular flexibility index (Phi) is 5.52. The summed E-state index contributed by atoms with van der Waals surface area (Å²) in [6, 6.07) is 7.85. The van der Waals surface area contributed by atoms with E-state index in [1.54, 1.807) is 18.4 Å². The monoisotopic (exact) mass is 359 g/mol. The van der Waals surface area contributed by atoms with E-state index >= 15 is 0 Å². The first-order valence-electron chi connectivity index (χ1n) is 8.49. The number of ether oxygens (including phenoxy) is 1. The van der Waals surface area contributed by atoms with Gasteiger partial charge in [0.25, 0.3) is 11.6 Å². The van der Waals surface area contributed by atoms with Crippen molar-refractivity contribution < 1.29 is 18.9 Å². The fraction of sp³-hybridized carbons (Fsp3) is 0.389. The minimum Gasteiger partial charge on any atom is -0.469 e. The first-order chi connectivity index (χ1) is 12.5. The van der Waals surface area contributed by atoms with Crippen molar-refractivity contribution in [2.75, 3.05) is 31.2 Å². The van der Waals surface area contributed by atoms with Crippen LogP contribution in [0.3, 0.4) is 0 Å². The number of anilines is 1. The molecule has 0 bridgehead atoms. The molecule has 26 heavy (non-hydrogen) atoms. The van der Waals surface area contributed by atoms with Crippen LogP contribution in [0.15, 0.2) is 41.0 Å². The van der Waals surface area contributed by atoms with E-state index in [1.165, 1.54) is 12.1 Å². The van der Waals surface area contributed by atoms with Crippen LogP contribution in [0.5, 0.6) is 0 Å². The maximum absolute atomic E-state index is 12.8. The summed E-state index contributed by atoms with van der Waals surface area (Å²) in [5, 5.41) is 14.0. The molecule has 1 N–H and O–H groups in total. The van der Waals surface area contributed by atoms with Gasteiger partial charge in [0.15, 0.2) is 0 Å². The minimum absolute atomic E-state index is 0.106. The van der Waals surface area contributed by atoms with Crippen LogP contribution in [-0.4, -0.2) is 43.2 Å². The van der Waals surface area contributed by atoms with Crippen LogP contribution in [0.4, 0.5) is 11.4 Å². The van der Waals surface area contributed by atoms with Crippen LogP contribution >= 0.6 is 0 Å². The maximum Gasteiger partial charge on any atom is 0.270 e. The van der Waals surface area contributed by atoms with Crippen molar-refractivity contribution in [1.29, 1.82) is 0 Å². The van der Waals surface area contributed by atoms with E-state index in [2.05, 4.69) is 5.32 Å². The Bertz CT molecular complexity index is 769. The molecule has 1 amide bonds. The van der Waals surface area contributed by atoms with Gasteiger partial charge in [-0.05, 0) is 25.1 Å². The summed E-state index contributed by atoms with van der Waals surface area (Å²) < 4.78 is 10.6. The molecule has 1 unspecified atom stereocenters. The van der Waals surface area contributed by atoms with Gasteiger partial charge < -0.3 is 19.4 Å². The van der Waals surface area contributed by atoms with Crippen LogP contribution in [0.2, 0.25) is 0 Å². The summed E-state index contributed by atoms with van der Waals surface area (Å²) in [6.07, 6.45) is 2.13. The van der Waals surface area contributed by atoms with Gasteiger partial charge in [-0.3, -0.25) is 14.9 Å². The van der Waals surface area contributed by atoms with E-state index in [0.717, 1.165) is 5.76 Å². The fourth-order valence-electron chi connectivity index (χ4n) is 2.98. The zero-order chi connectivity index (χ0) is 18.5. The minimum atomic E-state index is -0.494. The van der Waals surface area contributed by atoms with E-state index < -0.39 is 4.92 Å². The molecular formula is C18H21N3O5. The van der Waals surface area contributed by atoms with Crippen LogP contribution in [0, 0.1) is 10.1 Å². The van der Waals surface area contributed by atoms with Crippen LogP contribution < -0.4 is 10.2 Å². The third-order valence-corrected chi connectivity index (χ3v) is 4.25. The first kappa shape index (κ1) is 17.9. The number of hydrogen-bond donors (Lipinski definition) is 1. The predicted octanol–water partition coefficient (Wildman–Crippen LogP) is 2.39. The first-order valence-corrected chi connectivity index (χ1v) is 8.49. The lowest BCUT2D eigenvalue weighted by Crippen LogP contribution is -2.39. The third-order valence-electron chi connectivity index (χ3n) is 4.25. The number of non-ortho nitro benzene ring substituents is 1. The Morgan fingerprint density at radius 2 is 2.12 bits per heavy atom. The van der Waals surface area contributed by atoms with Crippen molar-refractivity contribution in [2.45, 2.75) is 19.4 Å². The fourth-order valence-corrected chi connectivity index (χ4v) is 2.98. The zero-order valence-electron chi connectivity index (χ0n) is 14.5. The van der Waals surface area contributed by atoms with Crippen molar-refractivity contribution in [3.05, 3.63) is 58.0 Å². The summed E-state index contributed by atoms with van der Waals surface area (Å²) in [4.78, 5) is 25.4. The Morgan fingerprint density at radius 1 is 1.35 bits per heavy atom. The second kappa shape index (κ2) is 8.01. The number of carbonyl (C=O) groups excluding carboxylic acids is 1. The number of nitro groups is 1. The maximum atomic E-state index is 12.8. The van der Waals surface area contributed by atoms with Gasteiger partial charge >= 0.3 is 0 Å². The van der Waals surface area contributed by atoms with Crippen molar-refractivity contribution in [1.82, 2.24) is 5.32 Å². The van der Waals surface area contributed by atoms with Gasteiger partial charge in [0.05, 0.1) is 35.7 Å². The van der Waals surface area contributed by atoms with Crippen molar-refractivity contribution in [2.24, 2.45) is 0 Å². The van der Waals surface area contributed by atoms with Crippen LogP contribution in [-0.2, 0) is 11.2 Å². The highest BCUT2D eigenvalue weighted by atomic mass is 16.6. The molecule has 2 aromatic rings. The number of amides is 1. The van der Waals surface area contributed by atoms with Gasteiger partial charge in [-0.1, -0.05) is 0 Å². The highest BCUT2D eigenvalue weighted by Gasteiger charge is 2.23. The molecule has 1 fully saturated rings. The molecule has 1 aliphatic heterocycles. The number of nitro benzene ring substituents is 1. The number of nitrogens with one attached hydrogen (secondary N) is 1. The Labute approximate surface area is 150 Å². The second-order valence-corrected chi connectivity index (χ2v) is 6.22.